The van der Waals surface area contributed by atoms with Gasteiger partial charge >= 0.3 is 0 Å². The van der Waals surface area contributed by atoms with Gasteiger partial charge in [0.2, 0.25) is 0 Å². The molecule has 2 aromatic rings. The number of aromatic nitrogens is 1. The largest absolute Gasteiger partial charge is 0.507 e. The molecule has 7 nitrogen and oxygen atoms in total. The molecule has 0 spiro atoms. The van der Waals surface area contributed by atoms with Crippen LogP contribution in [0, 0.1) is 6.92 Å². The fourth-order valence-corrected chi connectivity index (χ4v) is 3.75. The van der Waals surface area contributed by atoms with Crippen LogP contribution in [0.1, 0.15) is 42.5 Å². The molecule has 1 aliphatic rings. The van der Waals surface area contributed by atoms with Gasteiger partial charge in [-0.1, -0.05) is 13.3 Å². The number of unbranched alkanes of at least 4 members (excludes halogenated alkanes) is 1. The highest BCUT2D eigenvalue weighted by atomic mass is 16.5. The van der Waals surface area contributed by atoms with Crippen LogP contribution in [0.5, 0.6) is 5.75 Å². The van der Waals surface area contributed by atoms with Gasteiger partial charge in [0.05, 0.1) is 18.2 Å². The zero-order valence-corrected chi connectivity index (χ0v) is 19.2. The number of amides is 1. The van der Waals surface area contributed by atoms with Crippen LogP contribution >= 0.6 is 0 Å². The molecule has 1 aromatic carbocycles. The molecular weight excluding hydrogens is 406 g/mol. The molecule has 0 radical (unpaired) electrons. The Balaban J connectivity index is 2.03. The average Bonchev–Trinajstić information content (AvgIpc) is 3.03. The van der Waals surface area contributed by atoms with E-state index < -0.39 is 17.7 Å². The zero-order chi connectivity index (χ0) is 23.3. The molecule has 0 bridgehead atoms. The Hall–Kier alpha value is -3.19. The van der Waals surface area contributed by atoms with Crippen molar-refractivity contribution in [2.75, 3.05) is 33.8 Å². The van der Waals surface area contributed by atoms with E-state index in [0.29, 0.717) is 25.3 Å². The summed E-state index contributed by atoms with van der Waals surface area (Å²) in [4.78, 5) is 33.4. The summed E-state index contributed by atoms with van der Waals surface area (Å²) in [6.07, 6.45) is 5.24. The number of carbonyl (C=O) groups excluding carboxylic acids is 2. The SMILES string of the molecule is CCCCOc1ccc(C(O)=C2C(=O)C(=O)N(CCN(C)C)[C@H]2c2ccncc2)cc1C. The highest BCUT2D eigenvalue weighted by Gasteiger charge is 2.45. The van der Waals surface area contributed by atoms with Crippen molar-refractivity contribution in [2.45, 2.75) is 32.7 Å². The summed E-state index contributed by atoms with van der Waals surface area (Å²) in [6.45, 7) is 5.59. The number of benzene rings is 1. The molecule has 0 saturated carbocycles. The molecule has 1 amide bonds. The van der Waals surface area contributed by atoms with Crippen molar-refractivity contribution in [1.82, 2.24) is 14.8 Å². The second-order valence-electron chi connectivity index (χ2n) is 8.26. The number of aliphatic hydroxyl groups excluding tert-OH is 1. The lowest BCUT2D eigenvalue weighted by Gasteiger charge is -2.26. The molecule has 7 heteroatoms. The molecule has 0 unspecified atom stereocenters. The number of likely N-dealkylation sites (N-methyl/N-ethyl adjacent to an activating group) is 1. The number of carbonyl (C=O) groups is 2. The van der Waals surface area contributed by atoms with E-state index in [2.05, 4.69) is 11.9 Å². The van der Waals surface area contributed by atoms with Crippen LogP contribution in [0.2, 0.25) is 0 Å². The van der Waals surface area contributed by atoms with Crippen molar-refractivity contribution >= 4 is 17.4 Å². The van der Waals surface area contributed by atoms with E-state index in [-0.39, 0.29) is 11.3 Å². The summed E-state index contributed by atoms with van der Waals surface area (Å²) in [5, 5.41) is 11.2. The monoisotopic (exact) mass is 437 g/mol. The number of likely N-dealkylation sites (tertiary alicyclic amines) is 1. The Morgan fingerprint density at radius 3 is 2.53 bits per heavy atom. The van der Waals surface area contributed by atoms with E-state index in [1.54, 1.807) is 42.7 Å². The van der Waals surface area contributed by atoms with Crippen molar-refractivity contribution in [3.63, 3.8) is 0 Å². The molecule has 0 aliphatic carbocycles. The molecule has 3 rings (SSSR count). The summed E-state index contributed by atoms with van der Waals surface area (Å²) in [5.41, 5.74) is 2.16. The topological polar surface area (TPSA) is 83.0 Å². The van der Waals surface area contributed by atoms with Gasteiger partial charge in [-0.15, -0.1) is 0 Å². The normalized spacial score (nSPS) is 17.9. The Labute approximate surface area is 189 Å². The van der Waals surface area contributed by atoms with Gasteiger partial charge in [0.1, 0.15) is 11.5 Å². The number of hydrogen-bond donors (Lipinski definition) is 1. The zero-order valence-electron chi connectivity index (χ0n) is 19.2. The summed E-state index contributed by atoms with van der Waals surface area (Å²) in [6, 6.07) is 8.17. The van der Waals surface area contributed by atoms with Gasteiger partial charge in [-0.05, 0) is 68.9 Å². The molecule has 1 fully saturated rings. The number of hydrogen-bond acceptors (Lipinski definition) is 6. The standard InChI is InChI=1S/C25H31N3O4/c1-5-6-15-32-20-8-7-19(16-17(20)2)23(29)21-22(18-9-11-26-12-10-18)28(14-13-27(3)4)25(31)24(21)30/h7-12,16,22,29H,5-6,13-15H2,1-4H3/t22-/m0/s1. The second kappa shape index (κ2) is 10.4. The van der Waals surface area contributed by atoms with Crippen LogP contribution < -0.4 is 4.74 Å². The maximum atomic E-state index is 13.0. The minimum absolute atomic E-state index is 0.0963. The lowest BCUT2D eigenvalue weighted by atomic mass is 9.95. The maximum Gasteiger partial charge on any atom is 0.295 e. The summed E-state index contributed by atoms with van der Waals surface area (Å²) < 4.78 is 5.80. The average molecular weight is 438 g/mol. The van der Waals surface area contributed by atoms with Crippen LogP contribution in [0.25, 0.3) is 5.76 Å². The maximum absolute atomic E-state index is 13.0. The molecule has 1 N–H and O–H groups in total. The highest BCUT2D eigenvalue weighted by Crippen LogP contribution is 2.39. The molecule has 32 heavy (non-hydrogen) atoms. The molecule has 1 aromatic heterocycles. The minimum Gasteiger partial charge on any atom is -0.507 e. The molecule has 170 valence electrons. The third kappa shape index (κ3) is 4.99. The first-order valence-electron chi connectivity index (χ1n) is 10.9. The Morgan fingerprint density at radius 1 is 1.19 bits per heavy atom. The lowest BCUT2D eigenvalue weighted by molar-refractivity contribution is -0.140. The van der Waals surface area contributed by atoms with Crippen LogP contribution in [0.3, 0.4) is 0 Å². The van der Waals surface area contributed by atoms with Gasteiger partial charge in [0.25, 0.3) is 11.7 Å². The Kier molecular flexibility index (Phi) is 7.64. The van der Waals surface area contributed by atoms with Crippen molar-refractivity contribution in [3.8, 4) is 5.75 Å². The fourth-order valence-electron chi connectivity index (χ4n) is 3.75. The van der Waals surface area contributed by atoms with E-state index in [0.717, 1.165) is 29.7 Å². The van der Waals surface area contributed by atoms with Gasteiger partial charge in [-0.3, -0.25) is 14.6 Å². The molecular formula is C25H31N3O4. The number of ether oxygens (including phenoxy) is 1. The van der Waals surface area contributed by atoms with Crippen molar-refractivity contribution in [3.05, 3.63) is 65.0 Å². The number of rotatable bonds is 9. The third-order valence-corrected chi connectivity index (χ3v) is 5.55. The smallest absolute Gasteiger partial charge is 0.295 e. The Morgan fingerprint density at radius 2 is 1.91 bits per heavy atom. The van der Waals surface area contributed by atoms with E-state index in [9.17, 15) is 14.7 Å². The fraction of sp³-hybridized carbons (Fsp3) is 0.400. The van der Waals surface area contributed by atoms with Gasteiger partial charge < -0.3 is 19.6 Å². The van der Waals surface area contributed by atoms with Crippen molar-refractivity contribution in [2.24, 2.45) is 0 Å². The molecule has 1 aliphatic heterocycles. The first kappa shape index (κ1) is 23.5. The van der Waals surface area contributed by atoms with E-state index in [1.165, 1.54) is 4.90 Å². The van der Waals surface area contributed by atoms with Gasteiger partial charge in [-0.25, -0.2) is 0 Å². The van der Waals surface area contributed by atoms with E-state index in [4.69, 9.17) is 4.74 Å². The van der Waals surface area contributed by atoms with Crippen molar-refractivity contribution in [1.29, 1.82) is 0 Å². The summed E-state index contributed by atoms with van der Waals surface area (Å²) in [7, 11) is 3.82. The van der Waals surface area contributed by atoms with Crippen LogP contribution in [-0.2, 0) is 9.59 Å². The van der Waals surface area contributed by atoms with Crippen LogP contribution in [-0.4, -0.2) is 65.4 Å². The predicted molar refractivity (Wildman–Crippen MR) is 123 cm³/mol. The molecule has 1 atom stereocenters. The van der Waals surface area contributed by atoms with Crippen molar-refractivity contribution < 1.29 is 19.4 Å². The van der Waals surface area contributed by atoms with Gasteiger partial charge in [0, 0.05) is 31.0 Å². The van der Waals surface area contributed by atoms with Gasteiger partial charge in [0.15, 0.2) is 0 Å². The number of aryl methyl sites for hydroxylation is 1. The van der Waals surface area contributed by atoms with E-state index in [1.807, 2.05) is 25.9 Å². The lowest BCUT2D eigenvalue weighted by Crippen LogP contribution is -2.35. The number of nitrogens with zero attached hydrogens (tertiary/aromatic N) is 3. The predicted octanol–water partition coefficient (Wildman–Crippen LogP) is 3.55. The quantitative estimate of drug-likeness (QED) is 0.280. The summed E-state index contributed by atoms with van der Waals surface area (Å²) in [5.74, 6) is -0.719. The molecule has 1 saturated heterocycles. The van der Waals surface area contributed by atoms with Gasteiger partial charge in [-0.2, -0.15) is 0 Å². The Bertz CT molecular complexity index is 1000. The minimum atomic E-state index is -0.677. The third-order valence-electron chi connectivity index (χ3n) is 5.55. The number of ketones is 1. The van der Waals surface area contributed by atoms with Crippen LogP contribution in [0.15, 0.2) is 48.3 Å². The van der Waals surface area contributed by atoms with Crippen LogP contribution in [0.4, 0.5) is 0 Å². The van der Waals surface area contributed by atoms with E-state index >= 15 is 0 Å². The first-order valence-corrected chi connectivity index (χ1v) is 10.9. The highest BCUT2D eigenvalue weighted by molar-refractivity contribution is 6.46. The first-order chi connectivity index (χ1) is 15.3. The second-order valence-corrected chi connectivity index (χ2v) is 8.26. The number of pyridine rings is 1. The summed E-state index contributed by atoms with van der Waals surface area (Å²) >= 11 is 0. The molecule has 2 heterocycles. The number of aliphatic hydroxyl groups is 1. The number of Topliss-reactive ketones (excluding diaryl/α,β-unsaturated/α-hetero) is 1.